The molecular formula is C13H18BrNO2. The average molecular weight is 300 g/mol. The molecule has 1 rings (SSSR count). The van der Waals surface area contributed by atoms with Crippen molar-refractivity contribution in [3.63, 3.8) is 0 Å². The fraction of sp³-hybridized carbons (Fsp3) is 0.462. The quantitative estimate of drug-likeness (QED) is 0.821. The largest absolute Gasteiger partial charge is 0.461 e. The lowest BCUT2D eigenvalue weighted by molar-refractivity contribution is -0.145. The van der Waals surface area contributed by atoms with E-state index in [0.717, 1.165) is 16.6 Å². The van der Waals surface area contributed by atoms with Gasteiger partial charge >= 0.3 is 5.97 Å². The molecule has 0 bridgehead atoms. The molecule has 0 radical (unpaired) electrons. The number of rotatable bonds is 6. The van der Waals surface area contributed by atoms with Gasteiger partial charge in [0.25, 0.3) is 0 Å². The van der Waals surface area contributed by atoms with Gasteiger partial charge in [0.05, 0.1) is 6.42 Å². The van der Waals surface area contributed by atoms with Crippen LogP contribution < -0.4 is 5.32 Å². The molecule has 1 aromatic rings. The second-order valence-corrected chi connectivity index (χ2v) is 4.87. The van der Waals surface area contributed by atoms with Crippen LogP contribution in [0.15, 0.2) is 28.7 Å². The highest BCUT2D eigenvalue weighted by atomic mass is 79.9. The number of ether oxygens (including phenoxy) is 1. The molecule has 1 N–H and O–H groups in total. The second kappa shape index (κ2) is 7.45. The lowest BCUT2D eigenvalue weighted by Gasteiger charge is -2.11. The van der Waals surface area contributed by atoms with E-state index >= 15 is 0 Å². The van der Waals surface area contributed by atoms with Gasteiger partial charge in [0, 0.05) is 10.5 Å². The van der Waals surface area contributed by atoms with Crippen molar-refractivity contribution in [1.29, 1.82) is 0 Å². The van der Waals surface area contributed by atoms with Gasteiger partial charge in [-0.2, -0.15) is 0 Å². The van der Waals surface area contributed by atoms with Gasteiger partial charge < -0.3 is 10.1 Å². The predicted octanol–water partition coefficient (Wildman–Crippen LogP) is 2.88. The Bertz CT molecular complexity index is 368. The number of esters is 1. The van der Waals surface area contributed by atoms with E-state index in [2.05, 4.69) is 21.2 Å². The summed E-state index contributed by atoms with van der Waals surface area (Å²) in [7, 11) is 0. The number of hydrogen-bond acceptors (Lipinski definition) is 3. The lowest BCUT2D eigenvalue weighted by atomic mass is 10.2. The molecule has 3 nitrogen and oxygen atoms in total. The molecule has 0 heterocycles. The van der Waals surface area contributed by atoms with Crippen molar-refractivity contribution in [3.05, 3.63) is 34.3 Å². The predicted molar refractivity (Wildman–Crippen MR) is 71.7 cm³/mol. The number of halogens is 1. The molecule has 0 aliphatic heterocycles. The zero-order valence-electron chi connectivity index (χ0n) is 10.2. The first kappa shape index (κ1) is 14.2. The molecule has 0 fully saturated rings. The van der Waals surface area contributed by atoms with E-state index in [-0.39, 0.29) is 12.0 Å². The third-order valence-electron chi connectivity index (χ3n) is 2.31. The minimum Gasteiger partial charge on any atom is -0.461 e. The van der Waals surface area contributed by atoms with Crippen LogP contribution in [0.4, 0.5) is 0 Å². The standard InChI is InChI=1S/C13H18BrNO2/c1-3-15-10(2)7-13(16)17-9-11-5-4-6-12(14)8-11/h4-6,8,10,15H,3,7,9H2,1-2H3. The van der Waals surface area contributed by atoms with Crippen LogP contribution in [-0.4, -0.2) is 18.6 Å². The third-order valence-corrected chi connectivity index (χ3v) is 2.81. The molecule has 0 saturated heterocycles. The molecule has 0 aliphatic carbocycles. The molecule has 1 atom stereocenters. The molecular weight excluding hydrogens is 282 g/mol. The normalized spacial score (nSPS) is 12.2. The second-order valence-electron chi connectivity index (χ2n) is 3.95. The maximum atomic E-state index is 11.5. The summed E-state index contributed by atoms with van der Waals surface area (Å²) >= 11 is 3.38. The minimum absolute atomic E-state index is 0.162. The summed E-state index contributed by atoms with van der Waals surface area (Å²) in [6.07, 6.45) is 0.405. The van der Waals surface area contributed by atoms with Gasteiger partial charge in [-0.15, -0.1) is 0 Å². The van der Waals surface area contributed by atoms with E-state index in [4.69, 9.17) is 4.74 Å². The molecule has 17 heavy (non-hydrogen) atoms. The van der Waals surface area contributed by atoms with Crippen molar-refractivity contribution in [2.45, 2.75) is 32.9 Å². The molecule has 4 heteroatoms. The Balaban J connectivity index is 2.33. The van der Waals surface area contributed by atoms with E-state index in [1.165, 1.54) is 0 Å². The summed E-state index contributed by atoms with van der Waals surface area (Å²) in [5.41, 5.74) is 0.990. The van der Waals surface area contributed by atoms with Crippen molar-refractivity contribution in [3.8, 4) is 0 Å². The maximum Gasteiger partial charge on any atom is 0.307 e. The van der Waals surface area contributed by atoms with Crippen LogP contribution in [0.5, 0.6) is 0 Å². The van der Waals surface area contributed by atoms with Gasteiger partial charge in [-0.25, -0.2) is 0 Å². The van der Waals surface area contributed by atoms with Gasteiger partial charge in [0.1, 0.15) is 6.61 Å². The number of carbonyl (C=O) groups excluding carboxylic acids is 1. The average Bonchev–Trinajstić information content (AvgIpc) is 2.27. The van der Waals surface area contributed by atoms with Crippen molar-refractivity contribution >= 4 is 21.9 Å². The summed E-state index contributed by atoms with van der Waals surface area (Å²) in [5.74, 6) is -0.168. The number of nitrogens with one attached hydrogen (secondary N) is 1. The Labute approximate surface area is 111 Å². The number of hydrogen-bond donors (Lipinski definition) is 1. The summed E-state index contributed by atoms with van der Waals surface area (Å²) < 4.78 is 6.19. The lowest BCUT2D eigenvalue weighted by Crippen LogP contribution is -2.28. The van der Waals surface area contributed by atoms with E-state index in [1.54, 1.807) is 0 Å². The van der Waals surface area contributed by atoms with E-state index in [1.807, 2.05) is 38.1 Å². The molecule has 1 aromatic carbocycles. The first-order chi connectivity index (χ1) is 8.11. The fourth-order valence-electron chi connectivity index (χ4n) is 1.52. The van der Waals surface area contributed by atoms with Crippen LogP contribution in [0.2, 0.25) is 0 Å². The molecule has 0 saturated carbocycles. The molecule has 0 amide bonds. The van der Waals surface area contributed by atoms with Crippen LogP contribution in [0.1, 0.15) is 25.8 Å². The zero-order valence-corrected chi connectivity index (χ0v) is 11.8. The van der Waals surface area contributed by atoms with E-state index in [0.29, 0.717) is 13.0 Å². The van der Waals surface area contributed by atoms with Crippen LogP contribution >= 0.6 is 15.9 Å². The SMILES string of the molecule is CCNC(C)CC(=O)OCc1cccc(Br)c1. The van der Waals surface area contributed by atoms with E-state index in [9.17, 15) is 4.79 Å². The van der Waals surface area contributed by atoms with Crippen molar-refractivity contribution < 1.29 is 9.53 Å². The highest BCUT2D eigenvalue weighted by Gasteiger charge is 2.09. The Morgan fingerprint density at radius 1 is 1.53 bits per heavy atom. The van der Waals surface area contributed by atoms with E-state index < -0.39 is 0 Å². The first-order valence-corrected chi connectivity index (χ1v) is 6.54. The summed E-state index contributed by atoms with van der Waals surface area (Å²) in [4.78, 5) is 11.5. The van der Waals surface area contributed by atoms with Crippen LogP contribution in [0.25, 0.3) is 0 Å². The summed E-state index contributed by atoms with van der Waals surface area (Å²) in [5, 5.41) is 3.18. The minimum atomic E-state index is -0.168. The van der Waals surface area contributed by atoms with Gasteiger partial charge in [0.2, 0.25) is 0 Å². The summed E-state index contributed by atoms with van der Waals surface area (Å²) in [6.45, 7) is 5.18. The van der Waals surface area contributed by atoms with Crippen LogP contribution in [-0.2, 0) is 16.1 Å². The van der Waals surface area contributed by atoms with Crippen molar-refractivity contribution in [1.82, 2.24) is 5.32 Å². The highest BCUT2D eigenvalue weighted by molar-refractivity contribution is 9.10. The van der Waals surface area contributed by atoms with Crippen molar-refractivity contribution in [2.75, 3.05) is 6.54 Å². The third kappa shape index (κ3) is 5.84. The van der Waals surface area contributed by atoms with Gasteiger partial charge in [-0.1, -0.05) is 35.0 Å². The van der Waals surface area contributed by atoms with Crippen LogP contribution in [0, 0.1) is 0 Å². The molecule has 0 spiro atoms. The topological polar surface area (TPSA) is 38.3 Å². The van der Waals surface area contributed by atoms with Crippen LogP contribution in [0.3, 0.4) is 0 Å². The Hall–Kier alpha value is -0.870. The molecule has 0 aliphatic rings. The van der Waals surface area contributed by atoms with Gasteiger partial charge in [0.15, 0.2) is 0 Å². The number of carbonyl (C=O) groups is 1. The maximum absolute atomic E-state index is 11.5. The summed E-state index contributed by atoms with van der Waals surface area (Å²) in [6, 6.07) is 7.91. The fourth-order valence-corrected chi connectivity index (χ4v) is 1.97. The van der Waals surface area contributed by atoms with Crippen molar-refractivity contribution in [2.24, 2.45) is 0 Å². The molecule has 0 aromatic heterocycles. The molecule has 94 valence electrons. The first-order valence-electron chi connectivity index (χ1n) is 5.75. The monoisotopic (exact) mass is 299 g/mol. The molecule has 1 unspecified atom stereocenters. The highest BCUT2D eigenvalue weighted by Crippen LogP contribution is 2.12. The zero-order chi connectivity index (χ0) is 12.7. The van der Waals surface area contributed by atoms with Gasteiger partial charge in [-0.05, 0) is 31.2 Å². The smallest absolute Gasteiger partial charge is 0.307 e. The Kier molecular flexibility index (Phi) is 6.22. The Morgan fingerprint density at radius 2 is 2.29 bits per heavy atom. The van der Waals surface area contributed by atoms with Gasteiger partial charge in [-0.3, -0.25) is 4.79 Å². The number of benzene rings is 1. The Morgan fingerprint density at radius 3 is 2.94 bits per heavy atom.